The highest BCUT2D eigenvalue weighted by Gasteiger charge is 2.54. The van der Waals surface area contributed by atoms with Crippen molar-refractivity contribution in [2.45, 2.75) is 149 Å². The molecule has 5 aliphatic heterocycles. The summed E-state index contributed by atoms with van der Waals surface area (Å²) in [7, 11) is -16.2. The second kappa shape index (κ2) is 24.0. The van der Waals surface area contributed by atoms with E-state index in [1.807, 2.05) is 0 Å². The summed E-state index contributed by atoms with van der Waals surface area (Å²) in [5.41, 5.74) is 0. The number of ether oxygens (including phenoxy) is 9. The van der Waals surface area contributed by atoms with Crippen LogP contribution in [0.2, 0.25) is 0 Å². The van der Waals surface area contributed by atoms with Gasteiger partial charge in [0.15, 0.2) is 31.5 Å². The Hall–Kier alpha value is -1.23. The SMILES string of the molecule is CC1O[C@@H](OC[C@@H]2C(C)O[C@@H](OC[C@H]3C(O)[C@H](OC[C@H]4C(CO[C@@H]5OC(CO)[C@H](O)[C@@H](OS(=O)(=O)O)C5O)O[C@@H](O)C(O)[C@@H]4OS(=O)(=O)O)OC(CO)[C@@H]3O)C(O)[C@H]2OS(=O)(=O)O)C(O)[C@@H](O)[C@@H]1O. The summed E-state index contributed by atoms with van der Waals surface area (Å²) < 4.78 is 162. The number of aliphatic hydroxyl groups excluding tert-OH is 12. The molecule has 0 aromatic carbocycles. The minimum absolute atomic E-state index is 0.640. The van der Waals surface area contributed by atoms with Gasteiger partial charge in [-0.1, -0.05) is 0 Å². The zero-order valence-corrected chi connectivity index (χ0v) is 38.4. The standard InChI is InChI=1S/C33H58O33S3/c1-9-11(5-55-31-22(41)21(40)17(36)10(2)60-31)26(64-67(46,47)48)24(43)32(59-9)57-7-13-18(37)14(3-34)62-30(19(13)38)56-6-12-16(61-29(45)23(42)27(12)65-68(49,50)51)8-58-33-25(44)28(66-69(52,53)54)20(39)15(4-35)63-33/h9-45H,3-8H2,1-2H3,(H,46,47,48)(H,49,50,51)(H,52,53,54)/t9?,10?,11-,12+,13-,14?,15?,16?,17-,18-,19?,20+,21+,22?,23?,24?,25?,26+,27-,28-,29-,30-,31-,32-,33-/m1/s1. The highest BCUT2D eigenvalue weighted by atomic mass is 32.3. The largest absolute Gasteiger partial charge is 0.397 e. The zero-order valence-electron chi connectivity index (χ0n) is 36.0. The molecule has 10 unspecified atom stereocenters. The second-order valence-corrected chi connectivity index (χ2v) is 19.8. The van der Waals surface area contributed by atoms with Crippen LogP contribution < -0.4 is 0 Å². The first-order valence-corrected chi connectivity index (χ1v) is 24.8. The van der Waals surface area contributed by atoms with Gasteiger partial charge in [-0.05, 0) is 13.8 Å². The van der Waals surface area contributed by atoms with Crippen molar-refractivity contribution in [2.75, 3.05) is 39.6 Å². The normalized spacial score (nSPS) is 46.1. The highest BCUT2D eigenvalue weighted by molar-refractivity contribution is 7.81. The van der Waals surface area contributed by atoms with Gasteiger partial charge in [0, 0.05) is 17.8 Å². The molecule has 0 amide bonds. The van der Waals surface area contributed by atoms with Crippen LogP contribution in [0.15, 0.2) is 0 Å². The van der Waals surface area contributed by atoms with Crippen molar-refractivity contribution in [1.82, 2.24) is 0 Å². The van der Waals surface area contributed by atoms with E-state index in [0.717, 1.165) is 0 Å². The molecule has 69 heavy (non-hydrogen) atoms. The van der Waals surface area contributed by atoms with Gasteiger partial charge in [0.05, 0.1) is 64.1 Å². The van der Waals surface area contributed by atoms with Crippen LogP contribution in [0.3, 0.4) is 0 Å². The molecule has 0 spiro atoms. The average molecular weight is 1080 g/mol. The Bertz CT molecular complexity index is 1970. The summed E-state index contributed by atoms with van der Waals surface area (Å²) in [4.78, 5) is 0. The average Bonchev–Trinajstić information content (AvgIpc) is 3.25. The maximum Gasteiger partial charge on any atom is 0.397 e. The van der Waals surface area contributed by atoms with Gasteiger partial charge in [0.2, 0.25) is 0 Å². The Morgan fingerprint density at radius 2 is 0.783 bits per heavy atom. The molecule has 25 atom stereocenters. The van der Waals surface area contributed by atoms with Gasteiger partial charge >= 0.3 is 31.2 Å². The molecule has 5 fully saturated rings. The third-order valence-corrected chi connectivity index (χ3v) is 13.4. The first-order valence-electron chi connectivity index (χ1n) is 20.7. The molecule has 0 aliphatic carbocycles. The predicted molar refractivity (Wildman–Crippen MR) is 209 cm³/mol. The summed E-state index contributed by atoms with van der Waals surface area (Å²) in [6.07, 6.45) is -41.4. The maximum absolute atomic E-state index is 11.9. The fourth-order valence-corrected chi connectivity index (χ4v) is 9.81. The van der Waals surface area contributed by atoms with E-state index in [0.29, 0.717) is 0 Å². The Morgan fingerprint density at radius 3 is 1.32 bits per heavy atom. The summed E-state index contributed by atoms with van der Waals surface area (Å²) in [5.74, 6) is -4.68. The van der Waals surface area contributed by atoms with Gasteiger partial charge in [-0.15, -0.1) is 0 Å². The van der Waals surface area contributed by atoms with Gasteiger partial charge in [-0.3, -0.25) is 13.7 Å². The Balaban J connectivity index is 1.31. The monoisotopic (exact) mass is 1080 g/mol. The lowest BCUT2D eigenvalue weighted by Crippen LogP contribution is -2.62. The number of hydrogen-bond acceptors (Lipinski definition) is 30. The van der Waals surface area contributed by atoms with E-state index in [1.54, 1.807) is 0 Å². The van der Waals surface area contributed by atoms with Crippen LogP contribution >= 0.6 is 0 Å². The molecule has 0 radical (unpaired) electrons. The molecular weight excluding hydrogens is 1020 g/mol. The summed E-state index contributed by atoms with van der Waals surface area (Å²) in [6, 6.07) is 0. The van der Waals surface area contributed by atoms with Crippen LogP contribution in [0, 0.1) is 17.8 Å². The molecule has 0 aromatic rings. The van der Waals surface area contributed by atoms with Crippen LogP contribution in [0.5, 0.6) is 0 Å². The van der Waals surface area contributed by atoms with Crippen molar-refractivity contribution >= 4 is 31.2 Å². The lowest BCUT2D eigenvalue weighted by molar-refractivity contribution is -0.334. The van der Waals surface area contributed by atoms with E-state index < -0.39 is 224 Å². The van der Waals surface area contributed by atoms with Crippen molar-refractivity contribution in [3.05, 3.63) is 0 Å². The van der Waals surface area contributed by atoms with E-state index in [-0.39, 0.29) is 0 Å². The maximum atomic E-state index is 11.9. The van der Waals surface area contributed by atoms with Crippen LogP contribution in [-0.4, -0.2) is 275 Å². The smallest absolute Gasteiger partial charge is 0.394 e. The van der Waals surface area contributed by atoms with Crippen LogP contribution in [0.1, 0.15) is 13.8 Å². The first-order chi connectivity index (χ1) is 32.0. The third-order valence-electron chi connectivity index (χ3n) is 12.0. The third kappa shape index (κ3) is 14.8. The fourth-order valence-electron chi connectivity index (χ4n) is 8.23. The van der Waals surface area contributed by atoms with Crippen molar-refractivity contribution in [2.24, 2.45) is 17.8 Å². The van der Waals surface area contributed by atoms with E-state index in [1.165, 1.54) is 13.8 Å². The molecule has 406 valence electrons. The molecule has 5 saturated heterocycles. The molecule has 5 heterocycles. The molecule has 5 aliphatic rings. The van der Waals surface area contributed by atoms with Crippen molar-refractivity contribution in [3.8, 4) is 0 Å². The number of aliphatic hydroxyl groups is 12. The summed E-state index contributed by atoms with van der Waals surface area (Å²) >= 11 is 0. The highest BCUT2D eigenvalue weighted by Crippen LogP contribution is 2.36. The fraction of sp³-hybridized carbons (Fsp3) is 1.00. The first kappa shape index (κ1) is 58.7. The molecule has 0 saturated carbocycles. The quantitative estimate of drug-likeness (QED) is 0.0504. The van der Waals surface area contributed by atoms with Crippen molar-refractivity contribution < 1.29 is 155 Å². The summed E-state index contributed by atoms with van der Waals surface area (Å²) in [6.45, 7) is -2.83. The molecule has 5 rings (SSSR count). The van der Waals surface area contributed by atoms with E-state index in [9.17, 15) is 95.6 Å². The number of rotatable bonds is 20. The van der Waals surface area contributed by atoms with Gasteiger partial charge in [0.25, 0.3) is 0 Å². The number of hydrogen-bond donors (Lipinski definition) is 15. The Kier molecular flexibility index (Phi) is 20.4. The van der Waals surface area contributed by atoms with Crippen molar-refractivity contribution in [3.63, 3.8) is 0 Å². The molecule has 0 bridgehead atoms. The lowest BCUT2D eigenvalue weighted by Gasteiger charge is -2.46. The van der Waals surface area contributed by atoms with Gasteiger partial charge in [-0.2, -0.15) is 25.3 Å². The molecule has 33 nitrogen and oxygen atoms in total. The topological polar surface area (TPSA) is 517 Å². The summed E-state index contributed by atoms with van der Waals surface area (Å²) in [5, 5.41) is 126. The van der Waals surface area contributed by atoms with E-state index >= 15 is 0 Å². The minimum atomic E-state index is -5.50. The van der Waals surface area contributed by atoms with Crippen molar-refractivity contribution in [1.29, 1.82) is 0 Å². The predicted octanol–water partition coefficient (Wildman–Crippen LogP) is -9.65. The Morgan fingerprint density at radius 1 is 0.377 bits per heavy atom. The zero-order chi connectivity index (χ0) is 51.7. The van der Waals surface area contributed by atoms with Crippen LogP contribution in [0.25, 0.3) is 0 Å². The molecular formula is C33H58O33S3. The second-order valence-electron chi connectivity index (χ2n) is 16.6. The lowest BCUT2D eigenvalue weighted by atomic mass is 9.88. The van der Waals surface area contributed by atoms with Gasteiger partial charge in [0.1, 0.15) is 79.4 Å². The van der Waals surface area contributed by atoms with Crippen LogP contribution in [-0.2, 0) is 86.4 Å². The van der Waals surface area contributed by atoms with E-state index in [2.05, 4.69) is 8.37 Å². The molecule has 0 aromatic heterocycles. The Labute approximate surface area is 392 Å². The molecule has 36 heteroatoms. The van der Waals surface area contributed by atoms with Gasteiger partial charge < -0.3 is 104 Å². The van der Waals surface area contributed by atoms with Gasteiger partial charge in [-0.25, -0.2) is 12.5 Å². The molecule has 15 N–H and O–H groups in total. The van der Waals surface area contributed by atoms with E-state index in [4.69, 9.17) is 51.4 Å². The van der Waals surface area contributed by atoms with Crippen LogP contribution in [0.4, 0.5) is 0 Å². The minimum Gasteiger partial charge on any atom is -0.394 e.